The second-order valence-electron chi connectivity index (χ2n) is 6.81. The molecule has 1 N–H and O–H groups in total. The van der Waals surface area contributed by atoms with E-state index >= 15 is 0 Å². The number of carbonyl (C=O) groups is 2. The summed E-state index contributed by atoms with van der Waals surface area (Å²) in [7, 11) is 0. The van der Waals surface area contributed by atoms with Crippen LogP contribution in [-0.4, -0.2) is 40.7 Å². The molecule has 2 atom stereocenters. The summed E-state index contributed by atoms with van der Waals surface area (Å²) in [6.07, 6.45) is 1.77. The zero-order valence-corrected chi connectivity index (χ0v) is 13.5. The number of Topliss-reactive ketones (excluding diaryl/α,β-unsaturated/α-hetero) is 1. The molecule has 1 aromatic heterocycles. The van der Waals surface area contributed by atoms with Crippen molar-refractivity contribution >= 4 is 11.7 Å². The van der Waals surface area contributed by atoms with Crippen molar-refractivity contribution < 1.29 is 9.59 Å². The Labute approximate surface area is 140 Å². The molecule has 2 aliphatic heterocycles. The molecule has 122 valence electrons. The lowest BCUT2D eigenvalue weighted by atomic mass is 9.78. The van der Waals surface area contributed by atoms with E-state index < -0.39 is 5.41 Å². The normalized spacial score (nSPS) is 26.5. The highest BCUT2D eigenvalue weighted by atomic mass is 16.2. The first-order chi connectivity index (χ1) is 11.6. The van der Waals surface area contributed by atoms with Gasteiger partial charge in [0.15, 0.2) is 5.78 Å². The van der Waals surface area contributed by atoms with Gasteiger partial charge in [0.25, 0.3) is 5.91 Å². The highest BCUT2D eigenvalue weighted by Gasteiger charge is 2.51. The first-order valence-corrected chi connectivity index (χ1v) is 8.15. The van der Waals surface area contributed by atoms with Crippen LogP contribution in [0.5, 0.6) is 0 Å². The van der Waals surface area contributed by atoms with E-state index in [-0.39, 0.29) is 17.7 Å². The Hall–Kier alpha value is -2.53. The van der Waals surface area contributed by atoms with Crippen LogP contribution in [0.2, 0.25) is 0 Å². The van der Waals surface area contributed by atoms with E-state index in [2.05, 4.69) is 15.2 Å². The number of hydrogen-bond acceptors (Lipinski definition) is 4. The molecule has 1 aromatic carbocycles. The van der Waals surface area contributed by atoms with Gasteiger partial charge in [0.2, 0.25) is 0 Å². The van der Waals surface area contributed by atoms with Gasteiger partial charge in [0.05, 0.1) is 22.7 Å². The predicted octanol–water partition coefficient (Wildman–Crippen LogP) is 1.90. The summed E-state index contributed by atoms with van der Waals surface area (Å²) in [5, 5.41) is 3.06. The van der Waals surface area contributed by atoms with Gasteiger partial charge in [-0.1, -0.05) is 24.3 Å². The van der Waals surface area contributed by atoms with E-state index in [1.807, 2.05) is 31.2 Å². The second-order valence-corrected chi connectivity index (χ2v) is 6.81. The van der Waals surface area contributed by atoms with Crippen LogP contribution >= 0.6 is 0 Å². The van der Waals surface area contributed by atoms with Gasteiger partial charge < -0.3 is 5.32 Å². The monoisotopic (exact) mass is 321 g/mol. The zero-order valence-electron chi connectivity index (χ0n) is 13.5. The van der Waals surface area contributed by atoms with Crippen molar-refractivity contribution in [2.75, 3.05) is 13.1 Å². The largest absolute Gasteiger partial charge is 0.347 e. The summed E-state index contributed by atoms with van der Waals surface area (Å²) >= 11 is 0. The van der Waals surface area contributed by atoms with Gasteiger partial charge >= 0.3 is 0 Å². The molecule has 2 aromatic rings. The zero-order chi connectivity index (χ0) is 16.7. The first-order valence-electron chi connectivity index (χ1n) is 8.15. The molecule has 0 spiro atoms. The summed E-state index contributed by atoms with van der Waals surface area (Å²) in [6.45, 7) is 3.90. The number of amides is 1. The van der Waals surface area contributed by atoms with Crippen LogP contribution in [0.3, 0.4) is 0 Å². The Morgan fingerprint density at radius 1 is 1.17 bits per heavy atom. The number of hydrogen-bond donors (Lipinski definition) is 1. The van der Waals surface area contributed by atoms with Gasteiger partial charge in [-0.15, -0.1) is 0 Å². The number of nitrogens with one attached hydrogen (secondary N) is 1. The van der Waals surface area contributed by atoms with Gasteiger partial charge in [0.1, 0.15) is 0 Å². The van der Waals surface area contributed by atoms with Crippen LogP contribution in [-0.2, 0) is 6.54 Å². The summed E-state index contributed by atoms with van der Waals surface area (Å²) in [6, 6.07) is 12.7. The molecule has 0 bridgehead atoms. The molecule has 2 aliphatic rings. The summed E-state index contributed by atoms with van der Waals surface area (Å²) < 4.78 is 0. The Morgan fingerprint density at radius 3 is 2.67 bits per heavy atom. The molecule has 1 fully saturated rings. The quantitative estimate of drug-likeness (QED) is 0.918. The Balaban J connectivity index is 1.65. The van der Waals surface area contributed by atoms with E-state index in [1.54, 1.807) is 24.4 Å². The van der Waals surface area contributed by atoms with Crippen LogP contribution in [0.15, 0.2) is 48.7 Å². The maximum absolute atomic E-state index is 13.1. The topological polar surface area (TPSA) is 62.3 Å². The third-order valence-electron chi connectivity index (χ3n) is 5.11. The van der Waals surface area contributed by atoms with E-state index in [4.69, 9.17) is 0 Å². The number of nitrogens with zero attached hydrogens (tertiary/aromatic N) is 2. The Kier molecular flexibility index (Phi) is 3.46. The molecule has 5 heteroatoms. The molecule has 24 heavy (non-hydrogen) atoms. The number of aromatic nitrogens is 1. The summed E-state index contributed by atoms with van der Waals surface area (Å²) in [4.78, 5) is 32.2. The molecular formula is C19H19N3O2. The summed E-state index contributed by atoms with van der Waals surface area (Å²) in [5.41, 5.74) is 1.36. The Morgan fingerprint density at radius 2 is 1.92 bits per heavy atom. The lowest BCUT2D eigenvalue weighted by Gasteiger charge is -2.27. The van der Waals surface area contributed by atoms with Crippen molar-refractivity contribution in [2.24, 2.45) is 5.41 Å². The highest BCUT2D eigenvalue weighted by Crippen LogP contribution is 2.37. The number of ketones is 1. The van der Waals surface area contributed by atoms with Gasteiger partial charge in [-0.3, -0.25) is 19.5 Å². The minimum Gasteiger partial charge on any atom is -0.347 e. The second kappa shape index (κ2) is 5.53. The first kappa shape index (κ1) is 15.0. The third-order valence-corrected chi connectivity index (χ3v) is 5.11. The molecule has 3 heterocycles. The molecule has 4 rings (SSSR count). The lowest BCUT2D eigenvalue weighted by Crippen LogP contribution is -2.47. The maximum Gasteiger partial charge on any atom is 0.252 e. The van der Waals surface area contributed by atoms with Gasteiger partial charge in [-0.05, 0) is 25.1 Å². The smallest absolute Gasteiger partial charge is 0.252 e. The average Bonchev–Trinajstić information content (AvgIpc) is 2.88. The standard InChI is InChI=1S/C19H19N3O2/c1-19-12-22(10-13-6-4-5-9-20-13)11-16(19)21-18(24)15-8-3-2-7-14(15)17(19)23/h2-9,16H,10-12H2,1H3,(H,21,24)/t16-,19+/m1/s1. The van der Waals surface area contributed by atoms with Crippen LogP contribution in [0.25, 0.3) is 0 Å². The van der Waals surface area contributed by atoms with Crippen LogP contribution < -0.4 is 5.32 Å². The predicted molar refractivity (Wildman–Crippen MR) is 89.6 cm³/mol. The lowest BCUT2D eigenvalue weighted by molar-refractivity contribution is 0.0789. The molecule has 0 saturated carbocycles. The fourth-order valence-electron chi connectivity index (χ4n) is 3.80. The fourth-order valence-corrected chi connectivity index (χ4v) is 3.80. The van der Waals surface area contributed by atoms with Crippen molar-refractivity contribution in [1.29, 1.82) is 0 Å². The van der Waals surface area contributed by atoms with Crippen LogP contribution in [0, 0.1) is 5.41 Å². The van der Waals surface area contributed by atoms with Gasteiger partial charge in [-0.2, -0.15) is 0 Å². The number of carbonyl (C=O) groups excluding carboxylic acids is 2. The number of benzene rings is 1. The number of fused-ring (bicyclic) bond motifs is 2. The van der Waals surface area contributed by atoms with Crippen molar-refractivity contribution in [3.8, 4) is 0 Å². The van der Waals surface area contributed by atoms with Crippen LogP contribution in [0.4, 0.5) is 0 Å². The number of pyridine rings is 1. The number of likely N-dealkylation sites (tertiary alicyclic amines) is 1. The summed E-state index contributed by atoms with van der Waals surface area (Å²) in [5.74, 6) is -0.114. The maximum atomic E-state index is 13.1. The third kappa shape index (κ3) is 2.32. The molecule has 1 amide bonds. The van der Waals surface area contributed by atoms with Crippen molar-refractivity contribution in [2.45, 2.75) is 19.5 Å². The average molecular weight is 321 g/mol. The molecule has 1 saturated heterocycles. The fraction of sp³-hybridized carbons (Fsp3) is 0.316. The molecular weight excluding hydrogens is 302 g/mol. The van der Waals surface area contributed by atoms with E-state index in [0.717, 1.165) is 5.69 Å². The van der Waals surface area contributed by atoms with Gasteiger partial charge in [-0.25, -0.2) is 0 Å². The van der Waals surface area contributed by atoms with Crippen molar-refractivity contribution in [1.82, 2.24) is 15.2 Å². The van der Waals surface area contributed by atoms with E-state index in [1.165, 1.54) is 0 Å². The SMILES string of the molecule is C[C@]12CN(Cc3ccccn3)C[C@H]1NC(=O)c1ccccc1C2=O. The van der Waals surface area contributed by atoms with Crippen molar-refractivity contribution in [3.05, 3.63) is 65.5 Å². The molecule has 0 radical (unpaired) electrons. The van der Waals surface area contributed by atoms with Crippen LogP contribution in [0.1, 0.15) is 33.3 Å². The Bertz CT molecular complexity index is 805. The minimum absolute atomic E-state index is 0.0463. The molecule has 0 unspecified atom stereocenters. The van der Waals surface area contributed by atoms with E-state index in [0.29, 0.717) is 30.8 Å². The number of rotatable bonds is 2. The molecule has 0 aliphatic carbocycles. The minimum atomic E-state index is -0.614. The van der Waals surface area contributed by atoms with E-state index in [9.17, 15) is 9.59 Å². The van der Waals surface area contributed by atoms with Crippen molar-refractivity contribution in [3.63, 3.8) is 0 Å². The van der Waals surface area contributed by atoms with Gasteiger partial charge in [0, 0.05) is 31.4 Å². The highest BCUT2D eigenvalue weighted by molar-refractivity contribution is 6.12. The molecule has 5 nitrogen and oxygen atoms in total.